The molecule has 11 heavy (non-hydrogen) atoms. The Bertz CT molecular complexity index is 133. The van der Waals surface area contributed by atoms with Crippen molar-refractivity contribution >= 4 is 7.41 Å². The molecule has 0 aliphatic rings. The van der Waals surface area contributed by atoms with Crippen molar-refractivity contribution in [3.63, 3.8) is 0 Å². The molecule has 0 aromatic heterocycles. The van der Waals surface area contributed by atoms with E-state index in [-0.39, 0.29) is 5.41 Å². The van der Waals surface area contributed by atoms with Gasteiger partial charge >= 0.3 is 0 Å². The molecule has 0 bridgehead atoms. The minimum atomic E-state index is 0.158. The van der Waals surface area contributed by atoms with Crippen LogP contribution in [-0.4, -0.2) is 7.41 Å². The van der Waals surface area contributed by atoms with Crippen molar-refractivity contribution in [2.75, 3.05) is 0 Å². The lowest BCUT2D eigenvalue weighted by molar-refractivity contribution is 0.487. The summed E-state index contributed by atoms with van der Waals surface area (Å²) in [5, 5.41) is 3.20. The van der Waals surface area contributed by atoms with Gasteiger partial charge in [-0.25, -0.2) is 0 Å². The highest BCUT2D eigenvalue weighted by atomic mass is 14.8. The van der Waals surface area contributed by atoms with Gasteiger partial charge in [-0.1, -0.05) is 47.0 Å². The van der Waals surface area contributed by atoms with Crippen LogP contribution in [0.1, 0.15) is 34.6 Å². The van der Waals surface area contributed by atoms with Crippen LogP contribution in [-0.2, 0) is 0 Å². The van der Waals surface area contributed by atoms with Crippen LogP contribution in [0.5, 0.6) is 0 Å². The zero-order valence-electron chi connectivity index (χ0n) is 8.36. The van der Waals surface area contributed by atoms with E-state index in [2.05, 4.69) is 53.8 Å². The average Bonchev–Trinajstić information content (AvgIpc) is 1.80. The fourth-order valence-electron chi connectivity index (χ4n) is 0.484. The van der Waals surface area contributed by atoms with Gasteiger partial charge < -0.3 is 5.23 Å². The van der Waals surface area contributed by atoms with Gasteiger partial charge in [0.25, 0.3) is 0 Å². The molecule has 1 radical (unpaired) electrons. The van der Waals surface area contributed by atoms with Gasteiger partial charge in [0.15, 0.2) is 0 Å². The summed E-state index contributed by atoms with van der Waals surface area (Å²) in [6.07, 6.45) is 0. The number of nitrogens with one attached hydrogen (secondary N) is 1. The molecule has 0 atom stereocenters. The molecule has 0 heterocycles. The standard InChI is InChI=1S/C9H19BN/c1-7(2)10-11-8(3)9(4,5)6/h7,11H,3H2,1-2,4-6H3. The summed E-state index contributed by atoms with van der Waals surface area (Å²) in [6, 6.07) is 0. The van der Waals surface area contributed by atoms with Crippen molar-refractivity contribution in [1.29, 1.82) is 0 Å². The summed E-state index contributed by atoms with van der Waals surface area (Å²) in [5.41, 5.74) is 1.23. The molecule has 0 amide bonds. The van der Waals surface area contributed by atoms with E-state index in [4.69, 9.17) is 0 Å². The Labute approximate surface area is 71.5 Å². The van der Waals surface area contributed by atoms with Crippen LogP contribution in [0, 0.1) is 5.41 Å². The largest absolute Gasteiger partial charge is 0.435 e. The molecule has 0 unspecified atom stereocenters. The quantitative estimate of drug-likeness (QED) is 0.613. The minimum Gasteiger partial charge on any atom is -0.435 e. The van der Waals surface area contributed by atoms with Crippen molar-refractivity contribution in [2.45, 2.75) is 40.4 Å². The van der Waals surface area contributed by atoms with Gasteiger partial charge in [-0.05, 0) is 11.1 Å². The average molecular weight is 152 g/mol. The van der Waals surface area contributed by atoms with Gasteiger partial charge in [-0.15, -0.1) is 0 Å². The summed E-state index contributed by atoms with van der Waals surface area (Å²) in [7, 11) is 2.06. The normalized spacial score (nSPS) is 11.5. The monoisotopic (exact) mass is 152 g/mol. The Morgan fingerprint density at radius 1 is 1.36 bits per heavy atom. The molecule has 0 aromatic carbocycles. The van der Waals surface area contributed by atoms with Crippen LogP contribution >= 0.6 is 0 Å². The highest BCUT2D eigenvalue weighted by Crippen LogP contribution is 2.20. The predicted molar refractivity (Wildman–Crippen MR) is 52.6 cm³/mol. The maximum Gasteiger partial charge on any atom is 0.245 e. The first kappa shape index (κ1) is 10.6. The van der Waals surface area contributed by atoms with Crippen molar-refractivity contribution in [1.82, 2.24) is 5.23 Å². The fraction of sp³-hybridized carbons (Fsp3) is 0.778. The third-order valence-electron chi connectivity index (χ3n) is 1.50. The molecule has 0 aromatic rings. The smallest absolute Gasteiger partial charge is 0.245 e. The van der Waals surface area contributed by atoms with Crippen LogP contribution in [0.4, 0.5) is 0 Å². The Balaban J connectivity index is 3.71. The van der Waals surface area contributed by atoms with E-state index in [1.807, 2.05) is 0 Å². The topological polar surface area (TPSA) is 12.0 Å². The number of hydrogen-bond donors (Lipinski definition) is 1. The third kappa shape index (κ3) is 4.94. The maximum absolute atomic E-state index is 3.96. The van der Waals surface area contributed by atoms with Crippen LogP contribution in [0.2, 0.25) is 5.82 Å². The lowest BCUT2D eigenvalue weighted by atomic mass is 9.76. The summed E-state index contributed by atoms with van der Waals surface area (Å²) in [6.45, 7) is 14.7. The zero-order chi connectivity index (χ0) is 9.07. The second kappa shape index (κ2) is 3.84. The van der Waals surface area contributed by atoms with Crippen molar-refractivity contribution in [3.05, 3.63) is 12.3 Å². The van der Waals surface area contributed by atoms with Crippen molar-refractivity contribution < 1.29 is 0 Å². The van der Waals surface area contributed by atoms with E-state index in [1.165, 1.54) is 0 Å². The molecular formula is C9H19BN. The van der Waals surface area contributed by atoms with Gasteiger partial charge in [0, 0.05) is 0 Å². The molecule has 0 rings (SSSR count). The van der Waals surface area contributed by atoms with Crippen LogP contribution in [0.25, 0.3) is 0 Å². The molecule has 0 saturated carbocycles. The van der Waals surface area contributed by atoms with Crippen LogP contribution in [0.15, 0.2) is 12.3 Å². The highest BCUT2D eigenvalue weighted by Gasteiger charge is 2.14. The second-order valence-electron chi connectivity index (χ2n) is 4.28. The first-order valence-corrected chi connectivity index (χ1v) is 4.13. The van der Waals surface area contributed by atoms with Gasteiger partial charge in [0.1, 0.15) is 0 Å². The summed E-state index contributed by atoms with van der Waals surface area (Å²) >= 11 is 0. The molecule has 1 nitrogen and oxygen atoms in total. The van der Waals surface area contributed by atoms with E-state index >= 15 is 0 Å². The van der Waals surface area contributed by atoms with E-state index in [9.17, 15) is 0 Å². The summed E-state index contributed by atoms with van der Waals surface area (Å²) in [5.74, 6) is 0.564. The number of hydrogen-bond acceptors (Lipinski definition) is 1. The van der Waals surface area contributed by atoms with E-state index in [0.29, 0.717) is 5.82 Å². The first-order chi connectivity index (χ1) is 4.84. The molecule has 0 aliphatic carbocycles. The molecule has 0 fully saturated rings. The molecular weight excluding hydrogens is 133 g/mol. The first-order valence-electron chi connectivity index (χ1n) is 4.13. The predicted octanol–water partition coefficient (Wildman–Crippen LogP) is 2.58. The fourth-order valence-corrected chi connectivity index (χ4v) is 0.484. The van der Waals surface area contributed by atoms with Gasteiger partial charge in [0.05, 0.1) is 0 Å². The SMILES string of the molecule is C=C(N[B]C(C)C)C(C)(C)C. The van der Waals surface area contributed by atoms with Gasteiger partial charge in [-0.3, -0.25) is 0 Å². The zero-order valence-corrected chi connectivity index (χ0v) is 8.36. The van der Waals surface area contributed by atoms with Crippen molar-refractivity contribution in [3.8, 4) is 0 Å². The third-order valence-corrected chi connectivity index (χ3v) is 1.50. The number of allylic oxidation sites excluding steroid dienone is 1. The Hall–Kier alpha value is -0.395. The lowest BCUT2D eigenvalue weighted by Gasteiger charge is -2.23. The summed E-state index contributed by atoms with van der Waals surface area (Å²) < 4.78 is 0. The molecule has 0 saturated heterocycles. The second-order valence-corrected chi connectivity index (χ2v) is 4.28. The van der Waals surface area contributed by atoms with E-state index < -0.39 is 0 Å². The molecule has 0 aliphatic heterocycles. The Morgan fingerprint density at radius 3 is 2.09 bits per heavy atom. The summed E-state index contributed by atoms with van der Waals surface area (Å²) in [4.78, 5) is 0. The lowest BCUT2D eigenvalue weighted by Crippen LogP contribution is -2.27. The maximum atomic E-state index is 3.96. The molecule has 0 spiro atoms. The molecule has 2 heteroatoms. The molecule has 1 N–H and O–H groups in total. The Kier molecular flexibility index (Phi) is 3.70. The Morgan fingerprint density at radius 2 is 1.82 bits per heavy atom. The molecule has 63 valence electrons. The highest BCUT2D eigenvalue weighted by molar-refractivity contribution is 6.34. The van der Waals surface area contributed by atoms with E-state index in [0.717, 1.165) is 5.70 Å². The van der Waals surface area contributed by atoms with Crippen molar-refractivity contribution in [2.24, 2.45) is 5.41 Å². The minimum absolute atomic E-state index is 0.158. The van der Waals surface area contributed by atoms with Gasteiger partial charge in [-0.2, -0.15) is 0 Å². The number of rotatable bonds is 3. The van der Waals surface area contributed by atoms with Crippen LogP contribution < -0.4 is 5.23 Å². The van der Waals surface area contributed by atoms with E-state index in [1.54, 1.807) is 0 Å². The van der Waals surface area contributed by atoms with Crippen LogP contribution in [0.3, 0.4) is 0 Å². The van der Waals surface area contributed by atoms with Gasteiger partial charge in [0.2, 0.25) is 7.41 Å².